The van der Waals surface area contributed by atoms with Crippen molar-refractivity contribution in [2.24, 2.45) is 17.3 Å². The largest absolute Gasteiger partial charge is 0.346 e. The molecule has 1 N–H and O–H groups in total. The van der Waals surface area contributed by atoms with Gasteiger partial charge in [-0.2, -0.15) is 11.8 Å². The molecule has 1 saturated carbocycles. The van der Waals surface area contributed by atoms with Crippen molar-refractivity contribution < 1.29 is 4.79 Å². The second-order valence-corrected chi connectivity index (χ2v) is 8.88. The Labute approximate surface area is 159 Å². The number of carbonyl (C=O) groups excluding carboxylic acids is 1. The van der Waals surface area contributed by atoms with Crippen molar-refractivity contribution in [1.82, 2.24) is 19.9 Å². The normalized spacial score (nSPS) is 22.0. The van der Waals surface area contributed by atoms with E-state index in [0.29, 0.717) is 5.92 Å². The van der Waals surface area contributed by atoms with Crippen LogP contribution in [0.2, 0.25) is 0 Å². The Hall–Kier alpha value is -1.82. The van der Waals surface area contributed by atoms with Gasteiger partial charge in [-0.15, -0.1) is 10.2 Å². The fraction of sp³-hybridized carbons (Fsp3) is 0.550. The average molecular weight is 373 g/mol. The quantitative estimate of drug-likeness (QED) is 0.750. The molecule has 1 fully saturated rings. The number of carbonyl (C=O) groups is 1. The van der Waals surface area contributed by atoms with E-state index in [1.165, 1.54) is 5.57 Å². The van der Waals surface area contributed by atoms with Gasteiger partial charge in [0.1, 0.15) is 0 Å². The molecule has 26 heavy (non-hydrogen) atoms. The van der Waals surface area contributed by atoms with E-state index in [-0.39, 0.29) is 23.3 Å². The molecule has 2 aromatic heterocycles. The SMILES string of the molecule is CSCCC(NC(=O)C1C(C=C(C)C)C1(C)C)c1nnc2ccccn12. The molecule has 3 unspecified atom stereocenters. The minimum absolute atomic E-state index is 0.0122. The molecule has 1 aliphatic rings. The highest BCUT2D eigenvalue weighted by Gasteiger charge is 2.60. The zero-order valence-corrected chi connectivity index (χ0v) is 17.0. The summed E-state index contributed by atoms with van der Waals surface area (Å²) in [5.41, 5.74) is 2.08. The van der Waals surface area contributed by atoms with Crippen LogP contribution >= 0.6 is 11.8 Å². The highest BCUT2D eigenvalue weighted by atomic mass is 32.2. The Balaban J connectivity index is 1.81. The van der Waals surface area contributed by atoms with Crippen LogP contribution in [0.1, 0.15) is 46.0 Å². The van der Waals surface area contributed by atoms with E-state index >= 15 is 0 Å². The van der Waals surface area contributed by atoms with E-state index in [1.54, 1.807) is 11.8 Å². The molecule has 1 aliphatic carbocycles. The van der Waals surface area contributed by atoms with E-state index < -0.39 is 0 Å². The van der Waals surface area contributed by atoms with Crippen molar-refractivity contribution in [3.05, 3.63) is 41.9 Å². The molecule has 0 aromatic carbocycles. The van der Waals surface area contributed by atoms with Crippen LogP contribution in [-0.2, 0) is 4.79 Å². The third kappa shape index (κ3) is 3.65. The molecule has 3 rings (SSSR count). The summed E-state index contributed by atoms with van der Waals surface area (Å²) in [6.07, 6.45) is 7.10. The van der Waals surface area contributed by atoms with Gasteiger partial charge in [0, 0.05) is 6.20 Å². The molecule has 3 atom stereocenters. The van der Waals surface area contributed by atoms with Gasteiger partial charge in [0.15, 0.2) is 11.5 Å². The van der Waals surface area contributed by atoms with E-state index in [0.717, 1.165) is 23.6 Å². The maximum absolute atomic E-state index is 13.0. The van der Waals surface area contributed by atoms with Gasteiger partial charge in [-0.1, -0.05) is 31.6 Å². The van der Waals surface area contributed by atoms with Crippen molar-refractivity contribution >= 4 is 23.3 Å². The molecule has 5 nitrogen and oxygen atoms in total. The third-order valence-electron chi connectivity index (χ3n) is 5.28. The molecule has 0 spiro atoms. The molecule has 0 bridgehead atoms. The van der Waals surface area contributed by atoms with Gasteiger partial charge < -0.3 is 5.32 Å². The van der Waals surface area contributed by atoms with E-state index in [2.05, 4.69) is 55.5 Å². The number of fused-ring (bicyclic) bond motifs is 1. The van der Waals surface area contributed by atoms with Crippen molar-refractivity contribution in [3.63, 3.8) is 0 Å². The Bertz CT molecular complexity index is 822. The van der Waals surface area contributed by atoms with Crippen molar-refractivity contribution in [1.29, 1.82) is 0 Å². The Morgan fingerprint density at radius 2 is 2.15 bits per heavy atom. The molecule has 0 saturated heterocycles. The summed E-state index contributed by atoms with van der Waals surface area (Å²) in [6.45, 7) is 8.52. The van der Waals surface area contributed by atoms with Gasteiger partial charge in [-0.05, 0) is 55.7 Å². The summed E-state index contributed by atoms with van der Waals surface area (Å²) >= 11 is 1.77. The first-order valence-electron chi connectivity index (χ1n) is 9.10. The second-order valence-electron chi connectivity index (χ2n) is 7.90. The number of pyridine rings is 1. The van der Waals surface area contributed by atoms with E-state index in [1.807, 2.05) is 28.8 Å². The number of rotatable bonds is 7. The second kappa shape index (κ2) is 7.43. The highest BCUT2D eigenvalue weighted by molar-refractivity contribution is 7.98. The fourth-order valence-corrected chi connectivity index (χ4v) is 4.18. The lowest BCUT2D eigenvalue weighted by molar-refractivity contribution is -0.124. The monoisotopic (exact) mass is 372 g/mol. The van der Waals surface area contributed by atoms with Crippen LogP contribution in [0.5, 0.6) is 0 Å². The Morgan fingerprint density at radius 1 is 1.38 bits per heavy atom. The number of hydrogen-bond donors (Lipinski definition) is 1. The van der Waals surface area contributed by atoms with Gasteiger partial charge in [-0.3, -0.25) is 9.20 Å². The molecule has 1 amide bonds. The average Bonchev–Trinajstić information content (AvgIpc) is 2.94. The van der Waals surface area contributed by atoms with Crippen molar-refractivity contribution in [2.45, 2.75) is 40.2 Å². The standard InChI is InChI=1S/C20H28N4OS/c1-13(2)12-14-17(20(14,3)4)19(25)21-15(9-11-26-5)18-23-22-16-8-6-7-10-24(16)18/h6-8,10,12,14-15,17H,9,11H2,1-5H3,(H,21,25). The maximum Gasteiger partial charge on any atom is 0.224 e. The summed E-state index contributed by atoms with van der Waals surface area (Å²) < 4.78 is 1.97. The van der Waals surface area contributed by atoms with Crippen LogP contribution in [0.4, 0.5) is 0 Å². The molecule has 140 valence electrons. The van der Waals surface area contributed by atoms with Crippen LogP contribution in [0.15, 0.2) is 36.0 Å². The van der Waals surface area contributed by atoms with Crippen LogP contribution in [0, 0.1) is 17.3 Å². The number of thioether (sulfide) groups is 1. The minimum Gasteiger partial charge on any atom is -0.346 e. The number of allylic oxidation sites excluding steroid dienone is 2. The summed E-state index contributed by atoms with van der Waals surface area (Å²) in [5.74, 6) is 2.21. The van der Waals surface area contributed by atoms with Gasteiger partial charge in [0.25, 0.3) is 0 Å². The van der Waals surface area contributed by atoms with E-state index in [4.69, 9.17) is 0 Å². The number of nitrogens with one attached hydrogen (secondary N) is 1. The van der Waals surface area contributed by atoms with Crippen molar-refractivity contribution in [3.8, 4) is 0 Å². The topological polar surface area (TPSA) is 59.3 Å². The number of aromatic nitrogens is 3. The number of nitrogens with zero attached hydrogens (tertiary/aromatic N) is 3. The molecule has 2 aromatic rings. The lowest BCUT2D eigenvalue weighted by Crippen LogP contribution is -2.32. The van der Waals surface area contributed by atoms with Crippen LogP contribution in [-0.4, -0.2) is 32.5 Å². The van der Waals surface area contributed by atoms with Crippen LogP contribution in [0.3, 0.4) is 0 Å². The summed E-state index contributed by atoms with van der Waals surface area (Å²) in [5, 5.41) is 11.9. The molecule has 6 heteroatoms. The lowest BCUT2D eigenvalue weighted by atomic mass is 10.1. The fourth-order valence-electron chi connectivity index (χ4n) is 3.71. The highest BCUT2D eigenvalue weighted by Crippen LogP contribution is 2.59. The van der Waals surface area contributed by atoms with Gasteiger partial charge in [-0.25, -0.2) is 0 Å². The minimum atomic E-state index is -0.129. The van der Waals surface area contributed by atoms with Crippen molar-refractivity contribution in [2.75, 3.05) is 12.0 Å². The predicted octanol–water partition coefficient (Wildman–Crippen LogP) is 3.88. The first-order valence-corrected chi connectivity index (χ1v) is 10.5. The lowest BCUT2D eigenvalue weighted by Gasteiger charge is -2.17. The smallest absolute Gasteiger partial charge is 0.224 e. The molecular weight excluding hydrogens is 344 g/mol. The van der Waals surface area contributed by atoms with Gasteiger partial charge in [0.05, 0.1) is 12.0 Å². The molecule has 2 heterocycles. The Kier molecular flexibility index (Phi) is 5.42. The number of amides is 1. The van der Waals surface area contributed by atoms with Crippen LogP contribution < -0.4 is 5.32 Å². The maximum atomic E-state index is 13.0. The third-order valence-corrected chi connectivity index (χ3v) is 5.93. The van der Waals surface area contributed by atoms with Gasteiger partial charge >= 0.3 is 0 Å². The first kappa shape index (κ1) is 19.0. The first-order chi connectivity index (χ1) is 12.4. The van der Waals surface area contributed by atoms with Crippen LogP contribution in [0.25, 0.3) is 5.65 Å². The summed E-state index contributed by atoms with van der Waals surface area (Å²) in [7, 11) is 0. The molecule has 0 radical (unpaired) electrons. The van der Waals surface area contributed by atoms with Gasteiger partial charge in [0.2, 0.25) is 5.91 Å². The zero-order chi connectivity index (χ0) is 18.9. The molecular formula is C20H28N4OS. The molecule has 0 aliphatic heterocycles. The predicted molar refractivity (Wildman–Crippen MR) is 107 cm³/mol. The summed E-state index contributed by atoms with van der Waals surface area (Å²) in [6, 6.07) is 5.71. The Morgan fingerprint density at radius 3 is 2.85 bits per heavy atom. The number of hydrogen-bond acceptors (Lipinski definition) is 4. The zero-order valence-electron chi connectivity index (χ0n) is 16.2. The summed E-state index contributed by atoms with van der Waals surface area (Å²) in [4.78, 5) is 13.0. The van der Waals surface area contributed by atoms with E-state index in [9.17, 15) is 4.79 Å².